The van der Waals surface area contributed by atoms with Crippen LogP contribution in [-0.4, -0.2) is 21.3 Å². The Balaban J connectivity index is 1.75. The second-order valence-corrected chi connectivity index (χ2v) is 5.45. The third-order valence-corrected chi connectivity index (χ3v) is 4.06. The van der Waals surface area contributed by atoms with Crippen LogP contribution < -0.4 is 10.1 Å². The van der Waals surface area contributed by atoms with E-state index in [0.29, 0.717) is 12.6 Å². The summed E-state index contributed by atoms with van der Waals surface area (Å²) in [6.45, 7) is 3.60. The number of hydrogen-bond donors (Lipinski definition) is 1. The van der Waals surface area contributed by atoms with Gasteiger partial charge in [-0.05, 0) is 49.1 Å². The first-order chi connectivity index (χ1) is 10.3. The van der Waals surface area contributed by atoms with Crippen LogP contribution in [0.15, 0.2) is 24.5 Å². The molecule has 112 valence electrons. The van der Waals surface area contributed by atoms with Crippen LogP contribution in [0.4, 0.5) is 0 Å². The lowest BCUT2D eigenvalue weighted by molar-refractivity contribution is 0.288. The van der Waals surface area contributed by atoms with E-state index in [2.05, 4.69) is 40.5 Å². The van der Waals surface area contributed by atoms with Crippen LogP contribution in [0.5, 0.6) is 5.75 Å². The molecule has 3 rings (SSSR count). The van der Waals surface area contributed by atoms with Crippen molar-refractivity contribution in [3.05, 3.63) is 41.5 Å². The van der Waals surface area contributed by atoms with Gasteiger partial charge in [-0.3, -0.25) is 4.68 Å². The zero-order valence-corrected chi connectivity index (χ0v) is 12.7. The number of fused-ring (bicyclic) bond motifs is 1. The molecule has 5 heteroatoms. The fourth-order valence-electron chi connectivity index (χ4n) is 2.92. The summed E-state index contributed by atoms with van der Waals surface area (Å²) in [5.41, 5.74) is 2.83. The van der Waals surface area contributed by atoms with Gasteiger partial charge in [0.25, 0.3) is 0 Å². The fourth-order valence-corrected chi connectivity index (χ4v) is 2.92. The maximum atomic E-state index is 5.87. The van der Waals surface area contributed by atoms with Gasteiger partial charge in [0.1, 0.15) is 18.7 Å². The van der Waals surface area contributed by atoms with Gasteiger partial charge in [0.05, 0.1) is 0 Å². The predicted molar refractivity (Wildman–Crippen MR) is 81.1 cm³/mol. The Morgan fingerprint density at radius 3 is 3.10 bits per heavy atom. The molecule has 21 heavy (non-hydrogen) atoms. The van der Waals surface area contributed by atoms with E-state index in [1.807, 2.05) is 7.05 Å². The van der Waals surface area contributed by atoms with Gasteiger partial charge in [0, 0.05) is 13.1 Å². The molecule has 1 aliphatic carbocycles. The van der Waals surface area contributed by atoms with Crippen molar-refractivity contribution in [1.82, 2.24) is 20.1 Å². The van der Waals surface area contributed by atoms with Crippen molar-refractivity contribution in [3.8, 4) is 5.75 Å². The Kier molecular flexibility index (Phi) is 4.20. The standard InChI is InChI=1S/C16H22N4O/c1-3-17-15-6-4-5-12-7-8-13(9-14(12)15)21-10-16-18-11-19-20(16)2/h7-9,11,15,17H,3-6,10H2,1-2H3. The van der Waals surface area contributed by atoms with E-state index in [1.165, 1.54) is 30.4 Å². The van der Waals surface area contributed by atoms with Gasteiger partial charge in [-0.15, -0.1) is 0 Å². The summed E-state index contributed by atoms with van der Waals surface area (Å²) in [7, 11) is 1.87. The smallest absolute Gasteiger partial charge is 0.164 e. The fraction of sp³-hybridized carbons (Fsp3) is 0.500. The van der Waals surface area contributed by atoms with Gasteiger partial charge in [0.15, 0.2) is 5.82 Å². The van der Waals surface area contributed by atoms with E-state index >= 15 is 0 Å². The average Bonchev–Trinajstić information content (AvgIpc) is 2.91. The molecule has 0 radical (unpaired) electrons. The Labute approximate surface area is 125 Å². The lowest BCUT2D eigenvalue weighted by Crippen LogP contribution is -2.24. The molecule has 0 aliphatic heterocycles. The minimum Gasteiger partial charge on any atom is -0.486 e. The summed E-state index contributed by atoms with van der Waals surface area (Å²) in [6.07, 6.45) is 5.17. The maximum Gasteiger partial charge on any atom is 0.164 e. The molecule has 1 heterocycles. The molecule has 0 spiro atoms. The van der Waals surface area contributed by atoms with Gasteiger partial charge >= 0.3 is 0 Å². The van der Waals surface area contributed by atoms with Crippen LogP contribution in [0, 0.1) is 0 Å². The molecule has 1 aliphatic rings. The van der Waals surface area contributed by atoms with Crippen LogP contribution in [0.25, 0.3) is 0 Å². The molecule has 0 saturated carbocycles. The molecule has 0 amide bonds. The summed E-state index contributed by atoms with van der Waals surface area (Å²) in [4.78, 5) is 4.18. The molecular weight excluding hydrogens is 264 g/mol. The van der Waals surface area contributed by atoms with Crippen molar-refractivity contribution >= 4 is 0 Å². The van der Waals surface area contributed by atoms with Crippen molar-refractivity contribution in [2.24, 2.45) is 7.05 Å². The number of hydrogen-bond acceptors (Lipinski definition) is 4. The van der Waals surface area contributed by atoms with Crippen LogP contribution in [0.2, 0.25) is 0 Å². The van der Waals surface area contributed by atoms with Gasteiger partial charge in [-0.2, -0.15) is 5.10 Å². The number of ether oxygens (including phenoxy) is 1. The second kappa shape index (κ2) is 6.26. The van der Waals surface area contributed by atoms with Crippen LogP contribution in [0.3, 0.4) is 0 Å². The zero-order chi connectivity index (χ0) is 14.7. The molecule has 1 atom stereocenters. The minimum absolute atomic E-state index is 0.446. The molecule has 1 N–H and O–H groups in total. The molecule has 0 saturated heterocycles. The number of nitrogens with zero attached hydrogens (tertiary/aromatic N) is 3. The maximum absolute atomic E-state index is 5.87. The minimum atomic E-state index is 0.446. The lowest BCUT2D eigenvalue weighted by Gasteiger charge is -2.26. The SMILES string of the molecule is CCNC1CCCc2ccc(OCc3ncnn3C)cc21. The molecule has 2 aromatic rings. The molecule has 0 bridgehead atoms. The molecule has 5 nitrogen and oxygen atoms in total. The van der Waals surface area contributed by atoms with Crippen molar-refractivity contribution < 1.29 is 4.74 Å². The van der Waals surface area contributed by atoms with Crippen molar-refractivity contribution in [3.63, 3.8) is 0 Å². The van der Waals surface area contributed by atoms with E-state index in [9.17, 15) is 0 Å². The summed E-state index contributed by atoms with van der Waals surface area (Å²) in [6, 6.07) is 6.89. The number of rotatable bonds is 5. The van der Waals surface area contributed by atoms with E-state index < -0.39 is 0 Å². The number of aryl methyl sites for hydroxylation is 2. The van der Waals surface area contributed by atoms with Gasteiger partial charge in [-0.25, -0.2) is 4.98 Å². The highest BCUT2D eigenvalue weighted by molar-refractivity contribution is 5.39. The zero-order valence-electron chi connectivity index (χ0n) is 12.7. The molecular formula is C16H22N4O. The Morgan fingerprint density at radius 1 is 1.43 bits per heavy atom. The first kappa shape index (κ1) is 14.1. The number of nitrogens with one attached hydrogen (secondary N) is 1. The summed E-state index contributed by atoms with van der Waals surface area (Å²) >= 11 is 0. The largest absolute Gasteiger partial charge is 0.486 e. The van der Waals surface area contributed by atoms with Crippen LogP contribution in [0.1, 0.15) is 42.8 Å². The van der Waals surface area contributed by atoms with Crippen LogP contribution >= 0.6 is 0 Å². The average molecular weight is 286 g/mol. The third kappa shape index (κ3) is 3.08. The summed E-state index contributed by atoms with van der Waals surface area (Å²) in [5, 5.41) is 7.62. The van der Waals surface area contributed by atoms with E-state index in [0.717, 1.165) is 18.1 Å². The topological polar surface area (TPSA) is 52.0 Å². The molecule has 0 fully saturated rings. The summed E-state index contributed by atoms with van der Waals surface area (Å²) in [5.74, 6) is 1.73. The second-order valence-electron chi connectivity index (χ2n) is 5.45. The summed E-state index contributed by atoms with van der Waals surface area (Å²) < 4.78 is 7.61. The highest BCUT2D eigenvalue weighted by atomic mass is 16.5. The highest BCUT2D eigenvalue weighted by Gasteiger charge is 2.19. The molecule has 1 unspecified atom stereocenters. The normalized spacial score (nSPS) is 17.5. The number of benzene rings is 1. The third-order valence-electron chi connectivity index (χ3n) is 4.06. The predicted octanol–water partition coefficient (Wildman–Crippen LogP) is 2.38. The lowest BCUT2D eigenvalue weighted by atomic mass is 9.87. The number of aromatic nitrogens is 3. The monoisotopic (exact) mass is 286 g/mol. The Morgan fingerprint density at radius 2 is 2.33 bits per heavy atom. The molecule has 1 aromatic heterocycles. The quantitative estimate of drug-likeness (QED) is 0.917. The van der Waals surface area contributed by atoms with E-state index in [4.69, 9.17) is 4.74 Å². The van der Waals surface area contributed by atoms with E-state index in [-0.39, 0.29) is 0 Å². The van der Waals surface area contributed by atoms with Crippen LogP contribution in [-0.2, 0) is 20.1 Å². The van der Waals surface area contributed by atoms with Crippen molar-refractivity contribution in [1.29, 1.82) is 0 Å². The van der Waals surface area contributed by atoms with Gasteiger partial charge < -0.3 is 10.1 Å². The van der Waals surface area contributed by atoms with Gasteiger partial charge in [-0.1, -0.05) is 13.0 Å². The Hall–Kier alpha value is -1.88. The van der Waals surface area contributed by atoms with Gasteiger partial charge in [0.2, 0.25) is 0 Å². The Bertz CT molecular complexity index is 608. The molecule has 1 aromatic carbocycles. The van der Waals surface area contributed by atoms with Crippen molar-refractivity contribution in [2.45, 2.75) is 38.8 Å². The first-order valence-electron chi connectivity index (χ1n) is 7.60. The van der Waals surface area contributed by atoms with Crippen molar-refractivity contribution in [2.75, 3.05) is 6.54 Å². The van der Waals surface area contributed by atoms with E-state index in [1.54, 1.807) is 11.0 Å². The highest BCUT2D eigenvalue weighted by Crippen LogP contribution is 2.32. The first-order valence-corrected chi connectivity index (χ1v) is 7.60.